The minimum atomic E-state index is 0.272. The van der Waals surface area contributed by atoms with Crippen molar-refractivity contribution in [1.29, 1.82) is 10.5 Å². The lowest BCUT2D eigenvalue weighted by Crippen LogP contribution is -1.93. The predicted molar refractivity (Wildman–Crippen MR) is 139 cm³/mol. The van der Waals surface area contributed by atoms with Crippen molar-refractivity contribution >= 4 is 34.0 Å². The van der Waals surface area contributed by atoms with E-state index < -0.39 is 0 Å². The lowest BCUT2D eigenvalue weighted by Gasteiger charge is -2.08. The average molecular weight is 464 g/mol. The Morgan fingerprint density at radius 1 is 0.694 bits per heavy atom. The number of nitrogens with zero attached hydrogens (tertiary/aromatic N) is 5. The molecule has 0 N–H and O–H groups in total. The van der Waals surface area contributed by atoms with Crippen molar-refractivity contribution in [1.82, 2.24) is 14.8 Å². The first-order valence-corrected chi connectivity index (χ1v) is 11.3. The highest BCUT2D eigenvalue weighted by Crippen LogP contribution is 2.31. The molecule has 0 atom stereocenters. The minimum Gasteiger partial charge on any atom is -0.417 e. The fourth-order valence-corrected chi connectivity index (χ4v) is 4.39. The second-order valence-corrected chi connectivity index (χ2v) is 8.22. The van der Waals surface area contributed by atoms with Crippen LogP contribution in [0.2, 0.25) is 0 Å². The fourth-order valence-electron chi connectivity index (χ4n) is 4.39. The highest BCUT2D eigenvalue weighted by molar-refractivity contribution is 6.09. The monoisotopic (exact) mass is 463 g/mol. The maximum atomic E-state index is 9.24. The Hall–Kier alpha value is -5.46. The maximum absolute atomic E-state index is 9.24. The van der Waals surface area contributed by atoms with Gasteiger partial charge in [-0.3, -0.25) is 0 Å². The van der Waals surface area contributed by atoms with Gasteiger partial charge in [0, 0.05) is 28.1 Å². The van der Waals surface area contributed by atoms with E-state index in [0.29, 0.717) is 17.0 Å². The van der Waals surface area contributed by atoms with Crippen molar-refractivity contribution in [2.24, 2.45) is 0 Å². The van der Waals surface area contributed by atoms with Crippen molar-refractivity contribution in [3.05, 3.63) is 114 Å². The van der Waals surface area contributed by atoms with E-state index in [1.54, 1.807) is 24.3 Å². The Labute approximate surface area is 206 Å². The Morgan fingerprint density at radius 3 is 2.03 bits per heavy atom. The minimum absolute atomic E-state index is 0.272. The van der Waals surface area contributed by atoms with Crippen LogP contribution < -0.4 is 0 Å². The molecule has 0 saturated heterocycles. The van der Waals surface area contributed by atoms with Crippen molar-refractivity contribution in [2.75, 3.05) is 0 Å². The molecule has 0 aliphatic carbocycles. The van der Waals surface area contributed by atoms with E-state index in [-0.39, 0.29) is 11.5 Å². The summed E-state index contributed by atoms with van der Waals surface area (Å²) < 4.78 is 8.01. The molecule has 0 aliphatic rings. The highest BCUT2D eigenvalue weighted by atomic mass is 16.4. The van der Waals surface area contributed by atoms with Gasteiger partial charge in [0.1, 0.15) is 12.1 Å². The third kappa shape index (κ3) is 3.60. The van der Waals surface area contributed by atoms with Crippen LogP contribution in [0.15, 0.2) is 95.4 Å². The van der Waals surface area contributed by atoms with E-state index >= 15 is 0 Å². The molecule has 36 heavy (non-hydrogen) atoms. The summed E-state index contributed by atoms with van der Waals surface area (Å²) in [5, 5.41) is 28.9. The van der Waals surface area contributed by atoms with Crippen LogP contribution in [0.1, 0.15) is 22.6 Å². The number of aromatic nitrogens is 3. The van der Waals surface area contributed by atoms with E-state index in [4.69, 9.17) is 9.68 Å². The number of fused-ring (bicyclic) bond motifs is 3. The number of hydrogen-bond acceptors (Lipinski definition) is 5. The van der Waals surface area contributed by atoms with Gasteiger partial charge in [-0.25, -0.2) is 0 Å². The molecule has 4 aromatic carbocycles. The van der Waals surface area contributed by atoms with Crippen LogP contribution in [-0.4, -0.2) is 14.8 Å². The van der Waals surface area contributed by atoms with E-state index in [9.17, 15) is 5.26 Å². The Balaban J connectivity index is 1.28. The molecule has 6 nitrogen and oxygen atoms in total. The fraction of sp³-hybridized carbons (Fsp3) is 0. The molecule has 168 valence electrons. The van der Waals surface area contributed by atoms with E-state index in [1.807, 2.05) is 30.3 Å². The first-order valence-electron chi connectivity index (χ1n) is 11.3. The largest absolute Gasteiger partial charge is 0.417 e. The smallest absolute Gasteiger partial charge is 0.248 e. The van der Waals surface area contributed by atoms with Gasteiger partial charge in [0.05, 0.1) is 22.2 Å². The molecule has 0 radical (unpaired) electrons. The summed E-state index contributed by atoms with van der Waals surface area (Å²) in [7, 11) is 0. The van der Waals surface area contributed by atoms with Crippen molar-refractivity contribution in [3.8, 4) is 29.3 Å². The van der Waals surface area contributed by atoms with Crippen LogP contribution in [0.5, 0.6) is 0 Å². The Morgan fingerprint density at radius 2 is 1.36 bits per heavy atom. The zero-order valence-corrected chi connectivity index (χ0v) is 19.0. The van der Waals surface area contributed by atoms with Crippen LogP contribution in [0.4, 0.5) is 0 Å². The summed E-state index contributed by atoms with van der Waals surface area (Å²) >= 11 is 0. The number of hydrogen-bond donors (Lipinski definition) is 0. The van der Waals surface area contributed by atoms with Gasteiger partial charge in [-0.2, -0.15) is 10.5 Å². The topological polar surface area (TPSA) is 91.4 Å². The summed E-state index contributed by atoms with van der Waals surface area (Å²) in [6.45, 7) is 0. The van der Waals surface area contributed by atoms with Gasteiger partial charge in [0.15, 0.2) is 0 Å². The van der Waals surface area contributed by atoms with Crippen LogP contribution in [0, 0.1) is 22.7 Å². The second kappa shape index (κ2) is 8.72. The lowest BCUT2D eigenvalue weighted by atomic mass is 10.1. The lowest BCUT2D eigenvalue weighted by molar-refractivity contribution is 0.558. The number of nitriles is 2. The zero-order chi connectivity index (χ0) is 24.5. The summed E-state index contributed by atoms with van der Waals surface area (Å²) in [6, 6.07) is 34.0. The standard InChI is InChI=1S/C30H17N5O/c31-18-22-13-12-21(17-23(22)19-32)30-34-33-29(36-30)16-11-20-9-14-24(15-10-20)35-27-7-3-1-5-25(27)26-6-2-4-8-28(26)35/h1-17H/b16-11+. The molecule has 0 amide bonds. The van der Waals surface area contributed by atoms with E-state index in [1.165, 1.54) is 21.8 Å². The second-order valence-electron chi connectivity index (χ2n) is 8.22. The van der Waals surface area contributed by atoms with Crippen LogP contribution in [0.25, 0.3) is 51.1 Å². The maximum Gasteiger partial charge on any atom is 0.248 e. The predicted octanol–water partition coefficient (Wildman–Crippen LogP) is 6.75. The number of para-hydroxylation sites is 2. The molecule has 0 aliphatic heterocycles. The molecule has 0 bridgehead atoms. The van der Waals surface area contributed by atoms with Gasteiger partial charge in [-0.05, 0) is 54.1 Å². The van der Waals surface area contributed by atoms with Crippen LogP contribution in [0.3, 0.4) is 0 Å². The SMILES string of the molecule is N#Cc1ccc(-c2nnc(/C=C/c3ccc(-n4c5ccccc5c5ccccc54)cc3)o2)cc1C#N. The van der Waals surface area contributed by atoms with Crippen molar-refractivity contribution in [2.45, 2.75) is 0 Å². The summed E-state index contributed by atoms with van der Waals surface area (Å²) in [6.07, 6.45) is 3.66. The normalized spacial score (nSPS) is 11.2. The van der Waals surface area contributed by atoms with Crippen molar-refractivity contribution < 1.29 is 4.42 Å². The Bertz CT molecular complexity index is 1810. The quantitative estimate of drug-likeness (QED) is 0.288. The summed E-state index contributed by atoms with van der Waals surface area (Å²) in [5.41, 5.74) is 5.58. The van der Waals surface area contributed by atoms with Gasteiger partial charge < -0.3 is 8.98 Å². The number of rotatable bonds is 4. The molecule has 0 unspecified atom stereocenters. The first-order chi connectivity index (χ1) is 17.7. The van der Waals surface area contributed by atoms with Crippen LogP contribution in [-0.2, 0) is 0 Å². The van der Waals surface area contributed by atoms with Gasteiger partial charge in [0.25, 0.3) is 0 Å². The summed E-state index contributed by atoms with van der Waals surface area (Å²) in [4.78, 5) is 0. The molecule has 0 saturated carbocycles. The molecular formula is C30H17N5O. The molecule has 0 fully saturated rings. The van der Waals surface area contributed by atoms with E-state index in [2.05, 4.69) is 75.4 Å². The molecule has 6 heteroatoms. The number of benzene rings is 4. The van der Waals surface area contributed by atoms with Crippen molar-refractivity contribution in [3.63, 3.8) is 0 Å². The molecular weight excluding hydrogens is 446 g/mol. The molecule has 2 aromatic heterocycles. The zero-order valence-electron chi connectivity index (χ0n) is 19.0. The highest BCUT2D eigenvalue weighted by Gasteiger charge is 2.12. The van der Waals surface area contributed by atoms with E-state index in [0.717, 1.165) is 11.3 Å². The van der Waals surface area contributed by atoms with Gasteiger partial charge in [-0.15, -0.1) is 10.2 Å². The Kier molecular flexibility index (Phi) is 5.11. The first kappa shape index (κ1) is 21.1. The van der Waals surface area contributed by atoms with Gasteiger partial charge in [-0.1, -0.05) is 48.5 Å². The van der Waals surface area contributed by atoms with Gasteiger partial charge in [0.2, 0.25) is 11.8 Å². The third-order valence-corrected chi connectivity index (χ3v) is 6.10. The van der Waals surface area contributed by atoms with Crippen LogP contribution >= 0.6 is 0 Å². The molecule has 6 aromatic rings. The summed E-state index contributed by atoms with van der Waals surface area (Å²) in [5.74, 6) is 0.636. The molecule has 6 rings (SSSR count). The average Bonchev–Trinajstić information content (AvgIpc) is 3.55. The van der Waals surface area contributed by atoms with Gasteiger partial charge >= 0.3 is 0 Å². The molecule has 0 spiro atoms. The molecule has 2 heterocycles. The third-order valence-electron chi connectivity index (χ3n) is 6.10.